The lowest BCUT2D eigenvalue weighted by molar-refractivity contribution is 0.0222. The van der Waals surface area contributed by atoms with Gasteiger partial charge in [-0.15, -0.1) is 0 Å². The molecule has 23 heavy (non-hydrogen) atoms. The zero-order chi connectivity index (χ0) is 16.2. The molecule has 2 saturated heterocycles. The molecule has 126 valence electrons. The lowest BCUT2D eigenvalue weighted by Crippen LogP contribution is -2.57. The molecule has 0 saturated carbocycles. The Hall–Kier alpha value is -0.910. The van der Waals surface area contributed by atoms with Gasteiger partial charge in [-0.05, 0) is 49.7 Å². The first-order valence-electron chi connectivity index (χ1n) is 8.74. The van der Waals surface area contributed by atoms with Gasteiger partial charge in [0.25, 0.3) is 0 Å². The molecular formula is C18H26N2O2S. The van der Waals surface area contributed by atoms with Crippen molar-refractivity contribution in [3.05, 3.63) is 34.9 Å². The molecule has 0 radical (unpaired) electrons. The Morgan fingerprint density at radius 3 is 2.83 bits per heavy atom. The Morgan fingerprint density at radius 1 is 1.22 bits per heavy atom. The van der Waals surface area contributed by atoms with Gasteiger partial charge in [-0.3, -0.25) is 4.90 Å². The molecule has 3 aliphatic heterocycles. The van der Waals surface area contributed by atoms with Crippen LogP contribution in [0.1, 0.15) is 42.0 Å². The first-order valence-corrected chi connectivity index (χ1v) is 10.6. The molecule has 0 aromatic heterocycles. The fourth-order valence-corrected chi connectivity index (χ4v) is 6.14. The SMILES string of the molecule is Cc1ccc2c(c1)[C@H]1C[C@H]3[C@H](CCCN3S(C)(=O)=O)CN1CC2. The van der Waals surface area contributed by atoms with Crippen LogP contribution in [0.4, 0.5) is 0 Å². The van der Waals surface area contributed by atoms with Crippen LogP contribution in [-0.4, -0.2) is 49.6 Å². The summed E-state index contributed by atoms with van der Waals surface area (Å²) in [5.41, 5.74) is 4.20. The third-order valence-electron chi connectivity index (χ3n) is 6.00. The predicted octanol–water partition coefficient (Wildman–Crippen LogP) is 2.34. The molecule has 0 N–H and O–H groups in total. The molecule has 0 unspecified atom stereocenters. The second-order valence-electron chi connectivity index (χ2n) is 7.54. The van der Waals surface area contributed by atoms with Gasteiger partial charge in [0.1, 0.15) is 0 Å². The fraction of sp³-hybridized carbons (Fsp3) is 0.667. The van der Waals surface area contributed by atoms with Crippen molar-refractivity contribution in [2.45, 2.75) is 44.7 Å². The second kappa shape index (κ2) is 5.57. The highest BCUT2D eigenvalue weighted by atomic mass is 32.2. The number of fused-ring (bicyclic) bond motifs is 4. The lowest BCUT2D eigenvalue weighted by atomic mass is 9.77. The van der Waals surface area contributed by atoms with Crippen LogP contribution >= 0.6 is 0 Å². The van der Waals surface area contributed by atoms with E-state index >= 15 is 0 Å². The molecule has 5 heteroatoms. The number of aryl methyl sites for hydroxylation is 1. The Balaban J connectivity index is 1.69. The monoisotopic (exact) mass is 334 g/mol. The van der Waals surface area contributed by atoms with Crippen LogP contribution in [0, 0.1) is 12.8 Å². The maximum Gasteiger partial charge on any atom is 0.211 e. The third-order valence-corrected chi connectivity index (χ3v) is 7.30. The highest BCUT2D eigenvalue weighted by Gasteiger charge is 2.44. The standard InChI is InChI=1S/C18H26N2O2S/c1-13-5-6-14-7-9-19-12-15-4-3-8-20(23(2,21)22)17(15)11-18(19)16(14)10-13/h5-6,10,15,17-18H,3-4,7-9,11-12H2,1-2H3/t15-,17+,18-/m1/s1. The molecule has 0 amide bonds. The predicted molar refractivity (Wildman–Crippen MR) is 91.9 cm³/mol. The molecule has 1 aromatic rings. The number of sulfonamides is 1. The van der Waals surface area contributed by atoms with Gasteiger partial charge in [0, 0.05) is 31.7 Å². The van der Waals surface area contributed by atoms with Gasteiger partial charge >= 0.3 is 0 Å². The van der Waals surface area contributed by atoms with Crippen LogP contribution in [0.2, 0.25) is 0 Å². The van der Waals surface area contributed by atoms with Gasteiger partial charge in [-0.25, -0.2) is 8.42 Å². The summed E-state index contributed by atoms with van der Waals surface area (Å²) < 4.78 is 26.2. The molecule has 2 fully saturated rings. The highest BCUT2D eigenvalue weighted by Crippen LogP contribution is 2.43. The first-order chi connectivity index (χ1) is 10.9. The summed E-state index contributed by atoms with van der Waals surface area (Å²) in [5.74, 6) is 0.501. The van der Waals surface area contributed by atoms with Crippen LogP contribution in [-0.2, 0) is 16.4 Å². The van der Waals surface area contributed by atoms with Crippen molar-refractivity contribution in [1.82, 2.24) is 9.21 Å². The van der Waals surface area contributed by atoms with E-state index < -0.39 is 10.0 Å². The maximum atomic E-state index is 12.2. The van der Waals surface area contributed by atoms with Crippen molar-refractivity contribution in [2.75, 3.05) is 25.9 Å². The smallest absolute Gasteiger partial charge is 0.211 e. The Kier molecular flexibility index (Phi) is 3.78. The molecule has 0 spiro atoms. The topological polar surface area (TPSA) is 40.6 Å². The van der Waals surface area contributed by atoms with Crippen molar-refractivity contribution < 1.29 is 8.42 Å². The summed E-state index contributed by atoms with van der Waals surface area (Å²) >= 11 is 0. The van der Waals surface area contributed by atoms with E-state index in [-0.39, 0.29) is 6.04 Å². The number of piperidine rings is 2. The molecule has 0 aliphatic carbocycles. The van der Waals surface area contributed by atoms with Crippen molar-refractivity contribution in [2.24, 2.45) is 5.92 Å². The van der Waals surface area contributed by atoms with E-state index in [0.717, 1.165) is 32.4 Å². The second-order valence-corrected chi connectivity index (χ2v) is 9.48. The quantitative estimate of drug-likeness (QED) is 0.791. The number of rotatable bonds is 1. The van der Waals surface area contributed by atoms with Gasteiger partial charge in [0.2, 0.25) is 10.0 Å². The van der Waals surface area contributed by atoms with E-state index in [2.05, 4.69) is 30.0 Å². The number of benzene rings is 1. The normalized spacial score (nSPS) is 32.0. The van der Waals surface area contributed by atoms with Crippen LogP contribution in [0.5, 0.6) is 0 Å². The van der Waals surface area contributed by atoms with E-state index in [1.165, 1.54) is 29.4 Å². The summed E-state index contributed by atoms with van der Waals surface area (Å²) in [7, 11) is -3.10. The summed E-state index contributed by atoms with van der Waals surface area (Å²) in [6, 6.07) is 7.36. The minimum Gasteiger partial charge on any atom is -0.296 e. The van der Waals surface area contributed by atoms with Gasteiger partial charge in [0.05, 0.1) is 6.26 Å². The summed E-state index contributed by atoms with van der Waals surface area (Å²) in [4.78, 5) is 2.61. The Labute approximate surface area is 139 Å². The van der Waals surface area contributed by atoms with E-state index in [0.29, 0.717) is 18.5 Å². The van der Waals surface area contributed by atoms with E-state index in [4.69, 9.17) is 0 Å². The molecular weight excluding hydrogens is 308 g/mol. The molecule has 1 aromatic carbocycles. The van der Waals surface area contributed by atoms with Crippen LogP contribution in [0.15, 0.2) is 18.2 Å². The zero-order valence-corrected chi connectivity index (χ0v) is 14.8. The molecule has 3 atom stereocenters. The van der Waals surface area contributed by atoms with E-state index in [9.17, 15) is 8.42 Å². The van der Waals surface area contributed by atoms with E-state index in [1.807, 2.05) is 0 Å². The Bertz CT molecular complexity index is 716. The van der Waals surface area contributed by atoms with Crippen molar-refractivity contribution in [3.63, 3.8) is 0 Å². The molecule has 4 nitrogen and oxygen atoms in total. The highest BCUT2D eigenvalue weighted by molar-refractivity contribution is 7.88. The lowest BCUT2D eigenvalue weighted by Gasteiger charge is -2.51. The molecule has 3 aliphatic rings. The van der Waals surface area contributed by atoms with Crippen molar-refractivity contribution in [1.29, 1.82) is 0 Å². The van der Waals surface area contributed by atoms with Crippen molar-refractivity contribution >= 4 is 10.0 Å². The van der Waals surface area contributed by atoms with Crippen LogP contribution in [0.25, 0.3) is 0 Å². The zero-order valence-electron chi connectivity index (χ0n) is 14.0. The minimum absolute atomic E-state index is 0.187. The summed E-state index contributed by atoms with van der Waals surface area (Å²) in [6.45, 7) is 5.01. The summed E-state index contributed by atoms with van der Waals surface area (Å²) in [6.07, 6.45) is 5.62. The molecule has 0 bridgehead atoms. The van der Waals surface area contributed by atoms with Gasteiger partial charge in [0.15, 0.2) is 0 Å². The summed E-state index contributed by atoms with van der Waals surface area (Å²) in [5, 5.41) is 0. The van der Waals surface area contributed by atoms with Gasteiger partial charge in [-0.2, -0.15) is 4.31 Å². The minimum atomic E-state index is -3.10. The molecule has 3 heterocycles. The first kappa shape index (κ1) is 15.6. The maximum absolute atomic E-state index is 12.2. The third kappa shape index (κ3) is 2.73. The number of hydrogen-bond acceptors (Lipinski definition) is 3. The molecule has 4 rings (SSSR count). The van der Waals surface area contributed by atoms with Crippen molar-refractivity contribution in [3.8, 4) is 0 Å². The number of nitrogens with zero attached hydrogens (tertiary/aromatic N) is 2. The average Bonchev–Trinajstić information content (AvgIpc) is 2.51. The fourth-order valence-electron chi connectivity index (χ4n) is 4.93. The van der Waals surface area contributed by atoms with Gasteiger partial charge < -0.3 is 0 Å². The largest absolute Gasteiger partial charge is 0.296 e. The van der Waals surface area contributed by atoms with Gasteiger partial charge in [-0.1, -0.05) is 23.8 Å². The Morgan fingerprint density at radius 2 is 2.04 bits per heavy atom. The van der Waals surface area contributed by atoms with Crippen LogP contribution in [0.3, 0.4) is 0 Å². The average molecular weight is 334 g/mol. The van der Waals surface area contributed by atoms with E-state index in [1.54, 1.807) is 4.31 Å². The van der Waals surface area contributed by atoms with Crippen LogP contribution < -0.4 is 0 Å². The number of hydrogen-bond donors (Lipinski definition) is 0.